The fraction of sp³-hybridized carbons (Fsp3) is 0.333. The Morgan fingerprint density at radius 1 is 0.629 bits per heavy atom. The molecular formula is C24H26O11. The number of hydrogen-bond acceptors (Lipinski definition) is 8. The fourth-order valence-electron chi connectivity index (χ4n) is 2.93. The number of esters is 1. The summed E-state index contributed by atoms with van der Waals surface area (Å²) >= 11 is 0. The molecule has 2 rings (SSSR count). The number of ether oxygens (including phenoxy) is 3. The van der Waals surface area contributed by atoms with Crippen LogP contribution in [0.2, 0.25) is 0 Å². The van der Waals surface area contributed by atoms with Crippen molar-refractivity contribution in [2.75, 3.05) is 0 Å². The van der Waals surface area contributed by atoms with Crippen molar-refractivity contribution >= 4 is 23.9 Å². The van der Waals surface area contributed by atoms with Gasteiger partial charge in [-0.25, -0.2) is 19.2 Å². The van der Waals surface area contributed by atoms with Gasteiger partial charge in [-0.1, -0.05) is 60.7 Å². The summed E-state index contributed by atoms with van der Waals surface area (Å²) in [6.07, 6.45) is -8.57. The smallest absolute Gasteiger partial charge is 0.345 e. The average molecular weight is 490 g/mol. The van der Waals surface area contributed by atoms with Crippen LogP contribution < -0.4 is 0 Å². The van der Waals surface area contributed by atoms with Crippen LogP contribution in [-0.2, 0) is 46.6 Å². The number of aliphatic carboxylic acids is 3. The van der Waals surface area contributed by atoms with Crippen LogP contribution in [0.3, 0.4) is 0 Å². The van der Waals surface area contributed by atoms with Crippen LogP contribution in [0.5, 0.6) is 0 Å². The van der Waals surface area contributed by atoms with Crippen molar-refractivity contribution in [1.29, 1.82) is 0 Å². The van der Waals surface area contributed by atoms with Crippen LogP contribution in [0.4, 0.5) is 0 Å². The van der Waals surface area contributed by atoms with E-state index in [1.54, 1.807) is 60.7 Å². The van der Waals surface area contributed by atoms with E-state index in [4.69, 9.17) is 19.3 Å². The summed E-state index contributed by atoms with van der Waals surface area (Å²) in [6, 6.07) is 17.3. The third-order valence-electron chi connectivity index (χ3n) is 4.81. The molecule has 0 aliphatic heterocycles. The third kappa shape index (κ3) is 9.53. The predicted octanol–water partition coefficient (Wildman–Crippen LogP) is 1.46. The quantitative estimate of drug-likeness (QED) is 0.266. The maximum atomic E-state index is 12.8. The number of carboxylic acid groups (broad SMARTS) is 3. The maximum Gasteiger partial charge on any atom is 0.345 e. The van der Waals surface area contributed by atoms with E-state index in [2.05, 4.69) is 0 Å². The molecule has 2 aromatic rings. The lowest BCUT2D eigenvalue weighted by atomic mass is 10.1. The van der Waals surface area contributed by atoms with E-state index >= 15 is 0 Å². The molecule has 0 aromatic heterocycles. The molecule has 2 aromatic carbocycles. The lowest BCUT2D eigenvalue weighted by Crippen LogP contribution is -2.40. The third-order valence-corrected chi connectivity index (χ3v) is 4.81. The molecule has 0 fully saturated rings. The zero-order valence-corrected chi connectivity index (χ0v) is 18.6. The van der Waals surface area contributed by atoms with Crippen molar-refractivity contribution in [1.82, 2.24) is 0 Å². The Morgan fingerprint density at radius 3 is 1.51 bits per heavy atom. The lowest BCUT2D eigenvalue weighted by molar-refractivity contribution is -0.179. The van der Waals surface area contributed by atoms with Gasteiger partial charge < -0.3 is 34.6 Å². The summed E-state index contributed by atoms with van der Waals surface area (Å²) < 4.78 is 15.9. The predicted molar refractivity (Wildman–Crippen MR) is 118 cm³/mol. The Labute approximate surface area is 200 Å². The summed E-state index contributed by atoms with van der Waals surface area (Å²) in [7, 11) is 0. The van der Waals surface area contributed by atoms with E-state index in [0.717, 1.165) is 0 Å². The first-order valence-corrected chi connectivity index (χ1v) is 10.6. The van der Waals surface area contributed by atoms with Gasteiger partial charge in [0.2, 0.25) is 6.10 Å². The number of aliphatic hydroxyl groups excluding tert-OH is 1. The summed E-state index contributed by atoms with van der Waals surface area (Å²) in [5, 5.41) is 37.1. The monoisotopic (exact) mass is 490 g/mol. The summed E-state index contributed by atoms with van der Waals surface area (Å²) in [5.74, 6) is -5.99. The second kappa shape index (κ2) is 13.8. The van der Waals surface area contributed by atoms with Gasteiger partial charge in [-0.05, 0) is 11.1 Å². The van der Waals surface area contributed by atoms with Crippen molar-refractivity contribution in [3.8, 4) is 0 Å². The molecule has 0 heterocycles. The highest BCUT2D eigenvalue weighted by molar-refractivity contribution is 5.82. The molecule has 0 saturated heterocycles. The molecule has 0 radical (unpaired) electrons. The second-order valence-electron chi connectivity index (χ2n) is 7.50. The molecule has 0 amide bonds. The minimum atomic E-state index is -2.09. The van der Waals surface area contributed by atoms with Crippen LogP contribution in [0, 0.1) is 0 Å². The van der Waals surface area contributed by atoms with Crippen LogP contribution >= 0.6 is 0 Å². The molecule has 0 spiro atoms. The van der Waals surface area contributed by atoms with Gasteiger partial charge in [-0.3, -0.25) is 0 Å². The van der Waals surface area contributed by atoms with Gasteiger partial charge in [0.25, 0.3) is 0 Å². The van der Waals surface area contributed by atoms with Gasteiger partial charge in [-0.2, -0.15) is 0 Å². The van der Waals surface area contributed by atoms with Crippen molar-refractivity contribution in [3.63, 3.8) is 0 Å². The lowest BCUT2D eigenvalue weighted by Gasteiger charge is -2.23. The summed E-state index contributed by atoms with van der Waals surface area (Å²) in [5.41, 5.74) is 1.34. The molecule has 11 nitrogen and oxygen atoms in total. The zero-order valence-electron chi connectivity index (χ0n) is 18.6. The molecule has 188 valence electrons. The fourth-order valence-corrected chi connectivity index (χ4v) is 2.93. The minimum absolute atomic E-state index is 0.0686. The van der Waals surface area contributed by atoms with Gasteiger partial charge in [-0.15, -0.1) is 0 Å². The molecule has 35 heavy (non-hydrogen) atoms. The Bertz CT molecular complexity index is 977. The Balaban J connectivity index is 2.16. The van der Waals surface area contributed by atoms with Crippen molar-refractivity contribution in [2.45, 2.75) is 50.5 Å². The molecule has 11 heteroatoms. The first-order chi connectivity index (χ1) is 16.7. The van der Waals surface area contributed by atoms with Crippen LogP contribution in [-0.4, -0.2) is 68.7 Å². The number of carbonyl (C=O) groups excluding carboxylic acids is 1. The van der Waals surface area contributed by atoms with Gasteiger partial charge in [0.15, 0.2) is 18.3 Å². The van der Waals surface area contributed by atoms with Crippen molar-refractivity contribution in [3.05, 3.63) is 71.8 Å². The van der Waals surface area contributed by atoms with E-state index in [0.29, 0.717) is 11.1 Å². The topological polar surface area (TPSA) is 177 Å². The highest BCUT2D eigenvalue weighted by atomic mass is 16.6. The van der Waals surface area contributed by atoms with Crippen LogP contribution in [0.1, 0.15) is 24.0 Å². The Morgan fingerprint density at radius 2 is 1.09 bits per heavy atom. The van der Waals surface area contributed by atoms with Crippen molar-refractivity contribution < 1.29 is 53.8 Å². The molecule has 0 aliphatic rings. The van der Waals surface area contributed by atoms with Crippen LogP contribution in [0.25, 0.3) is 0 Å². The molecule has 4 unspecified atom stereocenters. The molecule has 4 N–H and O–H groups in total. The number of aliphatic hydroxyl groups is 1. The normalized spacial score (nSPS) is 14.3. The molecule has 0 aliphatic carbocycles. The first kappa shape index (κ1) is 27.4. The summed E-state index contributed by atoms with van der Waals surface area (Å²) in [6.45, 7) is -0.193. The highest BCUT2D eigenvalue weighted by Gasteiger charge is 2.35. The number of benzene rings is 2. The minimum Gasteiger partial charge on any atom is -0.479 e. The number of rotatable bonds is 15. The second-order valence-corrected chi connectivity index (χ2v) is 7.50. The van der Waals surface area contributed by atoms with E-state index in [1.807, 2.05) is 0 Å². The Hall–Kier alpha value is -3.80. The Kier molecular flexibility index (Phi) is 10.8. The van der Waals surface area contributed by atoms with Crippen LogP contribution in [0.15, 0.2) is 60.7 Å². The van der Waals surface area contributed by atoms with Gasteiger partial charge >= 0.3 is 23.9 Å². The van der Waals surface area contributed by atoms with Gasteiger partial charge in [0, 0.05) is 12.8 Å². The molecule has 4 atom stereocenters. The average Bonchev–Trinajstić information content (AvgIpc) is 2.83. The number of hydrogen-bond donors (Lipinski definition) is 4. The highest BCUT2D eigenvalue weighted by Crippen LogP contribution is 2.16. The van der Waals surface area contributed by atoms with E-state index in [1.165, 1.54) is 0 Å². The molecular weight excluding hydrogens is 464 g/mol. The number of carboxylic acids is 3. The van der Waals surface area contributed by atoms with Crippen molar-refractivity contribution in [2.24, 2.45) is 0 Å². The van der Waals surface area contributed by atoms with E-state index < -0.39 is 61.1 Å². The molecule has 0 bridgehead atoms. The van der Waals surface area contributed by atoms with E-state index in [-0.39, 0.29) is 13.2 Å². The first-order valence-electron chi connectivity index (χ1n) is 10.6. The zero-order chi connectivity index (χ0) is 25.8. The SMILES string of the molecule is O=C(O)C(O)CC(OC(=O)C(CC(OCc1ccccc1)C(=O)O)OCc1ccccc1)C(=O)O. The summed E-state index contributed by atoms with van der Waals surface area (Å²) in [4.78, 5) is 46.9. The van der Waals surface area contributed by atoms with Gasteiger partial charge in [0.05, 0.1) is 13.2 Å². The molecule has 0 saturated carbocycles. The van der Waals surface area contributed by atoms with E-state index in [9.17, 15) is 34.5 Å². The largest absolute Gasteiger partial charge is 0.479 e. The standard InChI is InChI=1S/C24H26O11/c25-17(21(26)27)11-19(23(30)31)35-24(32)20(34-14-16-9-5-2-6-10-16)12-18(22(28)29)33-13-15-7-3-1-4-8-15/h1-10,17-20,25H,11-14H2,(H,26,27)(H,28,29)(H,30,31). The van der Waals surface area contributed by atoms with Gasteiger partial charge in [0.1, 0.15) is 0 Å². The maximum absolute atomic E-state index is 12.8. The number of carbonyl (C=O) groups is 4.